The summed E-state index contributed by atoms with van der Waals surface area (Å²) in [6.45, 7) is 2.05. The molecule has 3 aromatic rings. The number of hydrazone groups is 1. The summed E-state index contributed by atoms with van der Waals surface area (Å²) < 4.78 is 7.42. The third-order valence-electron chi connectivity index (χ3n) is 4.21. The number of hydrogen-bond donors (Lipinski definition) is 0. The summed E-state index contributed by atoms with van der Waals surface area (Å²) in [4.78, 5) is 0. The molecule has 3 heterocycles. The van der Waals surface area contributed by atoms with E-state index in [9.17, 15) is 0 Å². The predicted molar refractivity (Wildman–Crippen MR) is 94.3 cm³/mol. The minimum absolute atomic E-state index is 0.754. The quantitative estimate of drug-likeness (QED) is 0.684. The second-order valence-corrected chi connectivity index (χ2v) is 5.95. The Morgan fingerprint density at radius 2 is 1.83 bits per heavy atom. The molecule has 0 amide bonds. The first-order valence-corrected chi connectivity index (χ1v) is 8.38. The van der Waals surface area contributed by atoms with Gasteiger partial charge in [0.15, 0.2) is 5.76 Å². The zero-order valence-electron chi connectivity index (χ0n) is 13.5. The molecule has 0 atom stereocenters. The SMILES string of the molecule is C(=N/N1CCCCC1)/c1cn(-c2ccccc2)nc1-c1ccco1. The van der Waals surface area contributed by atoms with Crippen LogP contribution in [0.15, 0.2) is 64.4 Å². The summed E-state index contributed by atoms with van der Waals surface area (Å²) in [5.41, 5.74) is 2.78. The predicted octanol–water partition coefficient (Wildman–Crippen LogP) is 3.95. The van der Waals surface area contributed by atoms with E-state index in [1.54, 1.807) is 6.26 Å². The van der Waals surface area contributed by atoms with Crippen molar-refractivity contribution in [1.29, 1.82) is 0 Å². The van der Waals surface area contributed by atoms with Crippen molar-refractivity contribution in [1.82, 2.24) is 14.8 Å². The molecule has 5 nitrogen and oxygen atoms in total. The molecule has 2 aromatic heterocycles. The molecule has 0 unspecified atom stereocenters. The molecule has 5 heteroatoms. The molecule has 4 rings (SSSR count). The Morgan fingerprint density at radius 3 is 2.58 bits per heavy atom. The molecule has 1 aliphatic rings. The van der Waals surface area contributed by atoms with Crippen LogP contribution >= 0.6 is 0 Å². The van der Waals surface area contributed by atoms with Crippen molar-refractivity contribution in [3.63, 3.8) is 0 Å². The fourth-order valence-electron chi connectivity index (χ4n) is 2.94. The Kier molecular flexibility index (Phi) is 4.14. The van der Waals surface area contributed by atoms with Crippen LogP contribution in [0.3, 0.4) is 0 Å². The molecule has 0 spiro atoms. The van der Waals surface area contributed by atoms with Crippen LogP contribution in [0.1, 0.15) is 24.8 Å². The molecule has 0 bridgehead atoms. The summed E-state index contributed by atoms with van der Waals surface area (Å²) in [5, 5.41) is 11.5. The highest BCUT2D eigenvalue weighted by Crippen LogP contribution is 2.23. The molecule has 1 fully saturated rings. The number of rotatable bonds is 4. The van der Waals surface area contributed by atoms with Gasteiger partial charge in [-0.3, -0.25) is 5.01 Å². The molecule has 0 saturated carbocycles. The van der Waals surface area contributed by atoms with Crippen molar-refractivity contribution >= 4 is 6.21 Å². The number of para-hydroxylation sites is 1. The Hall–Kier alpha value is -2.82. The van der Waals surface area contributed by atoms with Crippen LogP contribution in [0.2, 0.25) is 0 Å². The van der Waals surface area contributed by atoms with Crippen molar-refractivity contribution in [2.24, 2.45) is 5.10 Å². The van der Waals surface area contributed by atoms with Crippen LogP contribution in [-0.2, 0) is 0 Å². The van der Waals surface area contributed by atoms with E-state index in [1.807, 2.05) is 59.6 Å². The molecular formula is C19H20N4O. The van der Waals surface area contributed by atoms with Gasteiger partial charge in [0.1, 0.15) is 5.69 Å². The van der Waals surface area contributed by atoms with Gasteiger partial charge in [0.2, 0.25) is 0 Å². The van der Waals surface area contributed by atoms with E-state index in [0.717, 1.165) is 35.8 Å². The fraction of sp³-hybridized carbons (Fsp3) is 0.263. The first kappa shape index (κ1) is 14.8. The molecule has 24 heavy (non-hydrogen) atoms. The van der Waals surface area contributed by atoms with Crippen molar-refractivity contribution in [2.75, 3.05) is 13.1 Å². The Bertz CT molecular complexity index is 799. The van der Waals surface area contributed by atoms with Gasteiger partial charge < -0.3 is 4.42 Å². The van der Waals surface area contributed by atoms with Crippen LogP contribution in [0.5, 0.6) is 0 Å². The van der Waals surface area contributed by atoms with E-state index in [-0.39, 0.29) is 0 Å². The highest BCUT2D eigenvalue weighted by Gasteiger charge is 2.14. The first-order chi connectivity index (χ1) is 11.9. The van der Waals surface area contributed by atoms with E-state index in [1.165, 1.54) is 19.3 Å². The van der Waals surface area contributed by atoms with Gasteiger partial charge in [0, 0.05) is 24.8 Å². The molecule has 122 valence electrons. The maximum absolute atomic E-state index is 5.55. The largest absolute Gasteiger partial charge is 0.463 e. The van der Waals surface area contributed by atoms with Crippen LogP contribution in [0, 0.1) is 0 Å². The average Bonchev–Trinajstić information content (AvgIpc) is 3.31. The van der Waals surface area contributed by atoms with E-state index >= 15 is 0 Å². The van der Waals surface area contributed by atoms with Gasteiger partial charge in [0.05, 0.1) is 18.2 Å². The van der Waals surface area contributed by atoms with Crippen LogP contribution in [0.25, 0.3) is 17.1 Å². The topological polar surface area (TPSA) is 46.6 Å². The molecule has 0 aliphatic carbocycles. The normalized spacial score (nSPS) is 15.2. The van der Waals surface area contributed by atoms with Crippen molar-refractivity contribution in [2.45, 2.75) is 19.3 Å². The highest BCUT2D eigenvalue weighted by molar-refractivity contribution is 5.87. The Labute approximate surface area is 141 Å². The smallest absolute Gasteiger partial charge is 0.154 e. The maximum atomic E-state index is 5.55. The lowest BCUT2D eigenvalue weighted by Crippen LogP contribution is -2.24. The van der Waals surface area contributed by atoms with Gasteiger partial charge in [-0.2, -0.15) is 10.2 Å². The highest BCUT2D eigenvalue weighted by atomic mass is 16.3. The average molecular weight is 320 g/mol. The summed E-state index contributed by atoms with van der Waals surface area (Å²) in [6.07, 6.45) is 9.30. The summed E-state index contributed by atoms with van der Waals surface area (Å²) in [5.74, 6) is 0.754. The zero-order chi connectivity index (χ0) is 16.2. The van der Waals surface area contributed by atoms with Gasteiger partial charge in [-0.1, -0.05) is 18.2 Å². The number of benzene rings is 1. The molecule has 1 aromatic carbocycles. The van der Waals surface area contributed by atoms with Gasteiger partial charge >= 0.3 is 0 Å². The van der Waals surface area contributed by atoms with E-state index in [0.29, 0.717) is 0 Å². The molecule has 0 radical (unpaired) electrons. The summed E-state index contributed by atoms with van der Waals surface area (Å²) >= 11 is 0. The zero-order valence-corrected chi connectivity index (χ0v) is 13.5. The van der Waals surface area contributed by atoms with Crippen LogP contribution in [0.4, 0.5) is 0 Å². The third kappa shape index (κ3) is 3.11. The lowest BCUT2D eigenvalue weighted by Gasteiger charge is -2.23. The standard InChI is InChI=1S/C19H20N4O/c1-3-8-17(9-4-1)23-15-16(14-20-22-11-5-2-6-12-22)19(21-23)18-10-7-13-24-18/h1,3-4,7-10,13-15H,2,5-6,11-12H2/b20-14-. The van der Waals surface area contributed by atoms with E-state index in [2.05, 4.69) is 10.1 Å². The number of piperidine rings is 1. The van der Waals surface area contributed by atoms with Crippen molar-refractivity contribution in [3.05, 3.63) is 60.5 Å². The molecular weight excluding hydrogens is 300 g/mol. The second kappa shape index (κ2) is 6.74. The van der Waals surface area contributed by atoms with Gasteiger partial charge in [-0.15, -0.1) is 0 Å². The molecule has 1 saturated heterocycles. The maximum Gasteiger partial charge on any atom is 0.154 e. The molecule has 1 aliphatic heterocycles. The Morgan fingerprint density at radius 1 is 1.00 bits per heavy atom. The Balaban J connectivity index is 1.68. The second-order valence-electron chi connectivity index (χ2n) is 5.95. The van der Waals surface area contributed by atoms with Gasteiger partial charge in [-0.05, 0) is 43.5 Å². The van der Waals surface area contributed by atoms with E-state index < -0.39 is 0 Å². The third-order valence-corrected chi connectivity index (χ3v) is 4.21. The fourth-order valence-corrected chi connectivity index (χ4v) is 2.94. The number of nitrogens with zero attached hydrogens (tertiary/aromatic N) is 4. The van der Waals surface area contributed by atoms with Crippen LogP contribution in [-0.4, -0.2) is 34.1 Å². The van der Waals surface area contributed by atoms with Gasteiger partial charge in [-0.25, -0.2) is 4.68 Å². The van der Waals surface area contributed by atoms with E-state index in [4.69, 9.17) is 9.52 Å². The van der Waals surface area contributed by atoms with Crippen molar-refractivity contribution < 1.29 is 4.42 Å². The first-order valence-electron chi connectivity index (χ1n) is 8.38. The number of hydrogen-bond acceptors (Lipinski definition) is 4. The lowest BCUT2D eigenvalue weighted by atomic mass is 10.2. The van der Waals surface area contributed by atoms with Crippen molar-refractivity contribution in [3.8, 4) is 17.1 Å². The minimum Gasteiger partial charge on any atom is -0.463 e. The number of aromatic nitrogens is 2. The lowest BCUT2D eigenvalue weighted by molar-refractivity contribution is 0.240. The minimum atomic E-state index is 0.754. The van der Waals surface area contributed by atoms with Crippen LogP contribution < -0.4 is 0 Å². The monoisotopic (exact) mass is 320 g/mol. The van der Waals surface area contributed by atoms with Gasteiger partial charge in [0.25, 0.3) is 0 Å². The summed E-state index contributed by atoms with van der Waals surface area (Å²) in [6, 6.07) is 13.9. The number of furan rings is 1. The molecule has 0 N–H and O–H groups in total. The summed E-state index contributed by atoms with van der Waals surface area (Å²) in [7, 11) is 0.